The summed E-state index contributed by atoms with van der Waals surface area (Å²) in [6.07, 6.45) is 4.74. The van der Waals surface area contributed by atoms with Gasteiger partial charge in [0.1, 0.15) is 9.88 Å². The summed E-state index contributed by atoms with van der Waals surface area (Å²) >= 11 is 1.54. The predicted octanol–water partition coefficient (Wildman–Crippen LogP) is 3.41. The summed E-state index contributed by atoms with van der Waals surface area (Å²) in [4.78, 5) is 20.2. The number of hydrogen-bond donors (Lipinski definition) is 1. The number of nitrogens with one attached hydrogen (secondary N) is 1. The minimum absolute atomic E-state index is 0.00539. The Labute approximate surface area is 147 Å². The number of likely N-dealkylation sites (tertiary alicyclic amines) is 1. The molecule has 0 spiro atoms. The molecule has 0 saturated carbocycles. The minimum atomic E-state index is 0.00539. The molecule has 128 valence electrons. The summed E-state index contributed by atoms with van der Waals surface area (Å²) in [5, 5.41) is 4.08. The van der Waals surface area contributed by atoms with Crippen LogP contribution in [0.3, 0.4) is 0 Å². The Morgan fingerprint density at radius 1 is 1.21 bits per heavy atom. The summed E-state index contributed by atoms with van der Waals surface area (Å²) in [5.41, 5.74) is 2.09. The molecule has 1 aromatic heterocycles. The highest BCUT2D eigenvalue weighted by molar-refractivity contribution is 7.13. The molecule has 0 unspecified atom stereocenters. The van der Waals surface area contributed by atoms with Crippen molar-refractivity contribution in [2.75, 3.05) is 19.6 Å². The average molecular weight is 343 g/mol. The molecule has 0 bridgehead atoms. The quantitative estimate of drug-likeness (QED) is 0.874. The van der Waals surface area contributed by atoms with Crippen molar-refractivity contribution in [3.63, 3.8) is 0 Å². The van der Waals surface area contributed by atoms with Crippen LogP contribution in [0.5, 0.6) is 0 Å². The molecule has 1 aromatic carbocycles. The fraction of sp³-hybridized carbons (Fsp3) is 0.474. The molecule has 4 nitrogen and oxygen atoms in total. The number of aromatic nitrogens is 1. The van der Waals surface area contributed by atoms with E-state index in [4.69, 9.17) is 0 Å². The molecule has 3 rings (SSSR count). The second kappa shape index (κ2) is 8.40. The number of carbonyl (C=O) groups is 1. The highest BCUT2D eigenvalue weighted by atomic mass is 32.1. The standard InChI is InChI=1S/C19H25N3OS/c1-15-18(19(23)20-11-10-16-8-4-2-5-9-16)24-17(21-15)14-22-12-6-3-7-13-22/h2,4-5,8-9H,3,6-7,10-14H2,1H3,(H,20,23). The lowest BCUT2D eigenvalue weighted by molar-refractivity contribution is 0.0957. The van der Waals surface area contributed by atoms with Crippen LogP contribution >= 0.6 is 11.3 Å². The van der Waals surface area contributed by atoms with Crippen LogP contribution in [0.4, 0.5) is 0 Å². The molecule has 1 N–H and O–H groups in total. The minimum Gasteiger partial charge on any atom is -0.351 e. The van der Waals surface area contributed by atoms with Crippen LogP contribution in [-0.2, 0) is 13.0 Å². The first kappa shape index (κ1) is 17.1. The van der Waals surface area contributed by atoms with Gasteiger partial charge in [0.05, 0.1) is 12.2 Å². The van der Waals surface area contributed by atoms with Gasteiger partial charge in [-0.1, -0.05) is 36.8 Å². The van der Waals surface area contributed by atoms with Gasteiger partial charge in [0.25, 0.3) is 5.91 Å². The first-order valence-corrected chi connectivity index (χ1v) is 9.55. The van der Waals surface area contributed by atoms with E-state index < -0.39 is 0 Å². The van der Waals surface area contributed by atoms with Crippen molar-refractivity contribution in [1.29, 1.82) is 0 Å². The molecular formula is C19H25N3OS. The number of hydrogen-bond acceptors (Lipinski definition) is 4. The lowest BCUT2D eigenvalue weighted by Gasteiger charge is -2.25. The highest BCUT2D eigenvalue weighted by Crippen LogP contribution is 2.21. The summed E-state index contributed by atoms with van der Waals surface area (Å²) in [6.45, 7) is 5.77. The Morgan fingerprint density at radius 2 is 1.96 bits per heavy atom. The van der Waals surface area contributed by atoms with E-state index >= 15 is 0 Å². The van der Waals surface area contributed by atoms with E-state index in [2.05, 4.69) is 27.3 Å². The fourth-order valence-electron chi connectivity index (χ4n) is 3.08. The lowest BCUT2D eigenvalue weighted by Crippen LogP contribution is -2.29. The largest absolute Gasteiger partial charge is 0.351 e. The van der Waals surface area contributed by atoms with E-state index in [-0.39, 0.29) is 5.91 Å². The molecule has 5 heteroatoms. The van der Waals surface area contributed by atoms with Crippen LogP contribution < -0.4 is 5.32 Å². The number of thiazole rings is 1. The van der Waals surface area contributed by atoms with Crippen LogP contribution in [-0.4, -0.2) is 35.4 Å². The van der Waals surface area contributed by atoms with E-state index in [1.54, 1.807) is 11.3 Å². The maximum atomic E-state index is 12.4. The van der Waals surface area contributed by atoms with E-state index in [0.717, 1.165) is 41.6 Å². The van der Waals surface area contributed by atoms with Gasteiger partial charge in [-0.25, -0.2) is 4.98 Å². The normalized spacial score (nSPS) is 15.4. The molecule has 1 fully saturated rings. The van der Waals surface area contributed by atoms with E-state index in [9.17, 15) is 4.79 Å². The van der Waals surface area contributed by atoms with Gasteiger partial charge in [-0.15, -0.1) is 11.3 Å². The first-order chi connectivity index (χ1) is 11.7. The number of aryl methyl sites for hydroxylation is 1. The molecule has 0 atom stereocenters. The number of rotatable bonds is 6. The maximum absolute atomic E-state index is 12.4. The predicted molar refractivity (Wildman–Crippen MR) is 98.5 cm³/mol. The number of benzene rings is 1. The molecule has 1 aliphatic rings. The van der Waals surface area contributed by atoms with Crippen molar-refractivity contribution in [3.05, 3.63) is 51.5 Å². The molecule has 1 aliphatic heterocycles. The smallest absolute Gasteiger partial charge is 0.263 e. The van der Waals surface area contributed by atoms with Gasteiger partial charge >= 0.3 is 0 Å². The molecule has 1 amide bonds. The number of amides is 1. The van der Waals surface area contributed by atoms with Crippen LogP contribution in [0, 0.1) is 6.92 Å². The van der Waals surface area contributed by atoms with Gasteiger partial charge in [-0.3, -0.25) is 9.69 Å². The van der Waals surface area contributed by atoms with Gasteiger partial charge in [-0.05, 0) is 44.8 Å². The van der Waals surface area contributed by atoms with Crippen molar-refractivity contribution >= 4 is 17.2 Å². The molecule has 1 saturated heterocycles. The third-order valence-electron chi connectivity index (χ3n) is 4.40. The van der Waals surface area contributed by atoms with E-state index in [1.807, 2.05) is 25.1 Å². The molecule has 24 heavy (non-hydrogen) atoms. The topological polar surface area (TPSA) is 45.2 Å². The summed E-state index contributed by atoms with van der Waals surface area (Å²) in [7, 11) is 0. The summed E-state index contributed by atoms with van der Waals surface area (Å²) in [6, 6.07) is 10.2. The second-order valence-electron chi connectivity index (χ2n) is 6.35. The molecule has 2 aromatic rings. The SMILES string of the molecule is Cc1nc(CN2CCCCC2)sc1C(=O)NCCc1ccccc1. The summed E-state index contributed by atoms with van der Waals surface area (Å²) < 4.78 is 0. The van der Waals surface area contributed by atoms with Crippen molar-refractivity contribution in [2.45, 2.75) is 39.2 Å². The van der Waals surface area contributed by atoms with Crippen molar-refractivity contribution < 1.29 is 4.79 Å². The van der Waals surface area contributed by atoms with Gasteiger partial charge < -0.3 is 5.32 Å². The average Bonchev–Trinajstić information content (AvgIpc) is 2.97. The van der Waals surface area contributed by atoms with Gasteiger partial charge in [-0.2, -0.15) is 0 Å². The van der Waals surface area contributed by atoms with Crippen molar-refractivity contribution in [2.24, 2.45) is 0 Å². The molecule has 0 aliphatic carbocycles. The third-order valence-corrected chi connectivity index (χ3v) is 5.54. The van der Waals surface area contributed by atoms with Crippen LogP contribution in [0.15, 0.2) is 30.3 Å². The Morgan fingerprint density at radius 3 is 2.71 bits per heavy atom. The number of piperidine rings is 1. The van der Waals surface area contributed by atoms with E-state index in [0.29, 0.717) is 6.54 Å². The highest BCUT2D eigenvalue weighted by Gasteiger charge is 2.17. The number of nitrogens with zero attached hydrogens (tertiary/aromatic N) is 2. The molecule has 0 radical (unpaired) electrons. The van der Waals surface area contributed by atoms with Crippen LogP contribution in [0.25, 0.3) is 0 Å². The zero-order chi connectivity index (χ0) is 16.8. The zero-order valence-electron chi connectivity index (χ0n) is 14.3. The third kappa shape index (κ3) is 4.65. The first-order valence-electron chi connectivity index (χ1n) is 8.73. The Bertz CT molecular complexity index is 663. The Kier molecular flexibility index (Phi) is 5.99. The molecular weight excluding hydrogens is 318 g/mol. The van der Waals surface area contributed by atoms with Crippen LogP contribution in [0.1, 0.15) is 45.2 Å². The van der Waals surface area contributed by atoms with Crippen molar-refractivity contribution in [1.82, 2.24) is 15.2 Å². The van der Waals surface area contributed by atoms with Gasteiger partial charge in [0, 0.05) is 6.54 Å². The second-order valence-corrected chi connectivity index (χ2v) is 7.43. The Balaban J connectivity index is 1.52. The van der Waals surface area contributed by atoms with E-state index in [1.165, 1.54) is 24.8 Å². The fourth-order valence-corrected chi connectivity index (χ4v) is 4.11. The van der Waals surface area contributed by atoms with Crippen LogP contribution in [0.2, 0.25) is 0 Å². The Hall–Kier alpha value is -1.72. The van der Waals surface area contributed by atoms with Gasteiger partial charge in [0.15, 0.2) is 0 Å². The maximum Gasteiger partial charge on any atom is 0.263 e. The van der Waals surface area contributed by atoms with Gasteiger partial charge in [0.2, 0.25) is 0 Å². The lowest BCUT2D eigenvalue weighted by atomic mass is 10.1. The zero-order valence-corrected chi connectivity index (χ0v) is 15.1. The van der Waals surface area contributed by atoms with Crippen molar-refractivity contribution in [3.8, 4) is 0 Å². The summed E-state index contributed by atoms with van der Waals surface area (Å²) in [5.74, 6) is 0.00539. The number of carbonyl (C=O) groups excluding carboxylic acids is 1. The monoisotopic (exact) mass is 343 g/mol. The molecule has 2 heterocycles.